The fraction of sp³-hybridized carbons (Fsp3) is 0.545. The van der Waals surface area contributed by atoms with Gasteiger partial charge in [0.25, 0.3) is 0 Å². The van der Waals surface area contributed by atoms with Gasteiger partial charge in [-0.25, -0.2) is 4.98 Å². The quantitative estimate of drug-likeness (QED) is 0.807. The highest BCUT2D eigenvalue weighted by Gasteiger charge is 2.11. The lowest BCUT2D eigenvalue weighted by Gasteiger charge is -2.12. The van der Waals surface area contributed by atoms with E-state index in [-0.39, 0.29) is 0 Å². The van der Waals surface area contributed by atoms with E-state index in [0.29, 0.717) is 17.5 Å². The maximum atomic E-state index is 9.87. The first kappa shape index (κ1) is 12.3. The van der Waals surface area contributed by atoms with E-state index in [2.05, 4.69) is 18.8 Å². The lowest BCUT2D eigenvalue weighted by molar-refractivity contribution is 0.204. The van der Waals surface area contributed by atoms with E-state index in [4.69, 9.17) is 5.73 Å². The van der Waals surface area contributed by atoms with Gasteiger partial charge in [-0.05, 0) is 17.7 Å². The first-order valence-electron chi connectivity index (χ1n) is 5.07. The van der Waals surface area contributed by atoms with Crippen molar-refractivity contribution >= 4 is 17.6 Å². The minimum atomic E-state index is -0.512. The number of nitrogens with two attached hydrogens (primary N) is 1. The second-order valence-corrected chi connectivity index (χ2v) is 5.00. The Morgan fingerprint density at radius 2 is 2.20 bits per heavy atom. The number of hydrogen-bond donors (Lipinski definition) is 2. The van der Waals surface area contributed by atoms with Crippen molar-refractivity contribution in [1.29, 1.82) is 0 Å². The van der Waals surface area contributed by atoms with Crippen molar-refractivity contribution < 1.29 is 5.11 Å². The lowest BCUT2D eigenvalue weighted by atomic mass is 10.2. The maximum absolute atomic E-state index is 9.87. The van der Waals surface area contributed by atoms with Crippen molar-refractivity contribution in [2.24, 2.45) is 5.92 Å². The summed E-state index contributed by atoms with van der Waals surface area (Å²) in [6, 6.07) is 3.62. The van der Waals surface area contributed by atoms with Crippen LogP contribution in [0.15, 0.2) is 18.3 Å². The molecule has 0 saturated heterocycles. The van der Waals surface area contributed by atoms with Crippen LogP contribution in [0.4, 0.5) is 5.82 Å². The maximum Gasteiger partial charge on any atom is 0.129 e. The zero-order valence-corrected chi connectivity index (χ0v) is 10.00. The Morgan fingerprint density at radius 1 is 1.47 bits per heavy atom. The van der Waals surface area contributed by atoms with Gasteiger partial charge >= 0.3 is 0 Å². The van der Waals surface area contributed by atoms with Crippen LogP contribution in [0.25, 0.3) is 0 Å². The van der Waals surface area contributed by atoms with E-state index in [1.165, 1.54) is 0 Å². The monoisotopic (exact) mass is 226 g/mol. The fourth-order valence-electron chi connectivity index (χ4n) is 1.22. The molecule has 3 nitrogen and oxygen atoms in total. The minimum absolute atomic E-state index is 0.426. The highest BCUT2D eigenvalue weighted by Crippen LogP contribution is 2.22. The third kappa shape index (κ3) is 4.10. The Balaban J connectivity index is 2.47. The van der Waals surface area contributed by atoms with Crippen LogP contribution in [0.2, 0.25) is 0 Å². The summed E-state index contributed by atoms with van der Waals surface area (Å²) < 4.78 is 0. The van der Waals surface area contributed by atoms with Crippen LogP contribution in [0.1, 0.15) is 25.5 Å². The number of aliphatic hydroxyl groups excluding tert-OH is 1. The zero-order valence-electron chi connectivity index (χ0n) is 9.18. The van der Waals surface area contributed by atoms with E-state index in [1.807, 2.05) is 6.07 Å². The SMILES string of the molecule is CC(C)CSCC(O)c1cccnc1N. The van der Waals surface area contributed by atoms with Gasteiger partial charge in [-0.15, -0.1) is 0 Å². The van der Waals surface area contributed by atoms with Gasteiger partial charge in [0.05, 0.1) is 6.10 Å². The van der Waals surface area contributed by atoms with Crippen LogP contribution in [0.3, 0.4) is 0 Å². The molecule has 1 unspecified atom stereocenters. The molecule has 1 heterocycles. The summed E-state index contributed by atoms with van der Waals surface area (Å²) in [6.07, 6.45) is 1.12. The van der Waals surface area contributed by atoms with Crippen LogP contribution in [0.5, 0.6) is 0 Å². The predicted octanol–water partition coefficient (Wildman–Crippen LogP) is 2.09. The molecule has 0 fully saturated rings. The van der Waals surface area contributed by atoms with E-state index < -0.39 is 6.10 Å². The van der Waals surface area contributed by atoms with Crippen molar-refractivity contribution in [1.82, 2.24) is 4.98 Å². The van der Waals surface area contributed by atoms with Gasteiger partial charge in [0.2, 0.25) is 0 Å². The van der Waals surface area contributed by atoms with Gasteiger partial charge in [-0.3, -0.25) is 0 Å². The number of anilines is 1. The molecule has 0 radical (unpaired) electrons. The second-order valence-electron chi connectivity index (χ2n) is 3.92. The average molecular weight is 226 g/mol. The summed E-state index contributed by atoms with van der Waals surface area (Å²) in [4.78, 5) is 3.95. The molecule has 84 valence electrons. The molecule has 0 spiro atoms. The summed E-state index contributed by atoms with van der Waals surface area (Å²) in [6.45, 7) is 4.33. The molecule has 1 aromatic rings. The van der Waals surface area contributed by atoms with E-state index >= 15 is 0 Å². The average Bonchev–Trinajstić information content (AvgIpc) is 2.17. The number of thioether (sulfide) groups is 1. The Kier molecular flexibility index (Phi) is 4.91. The number of nitrogens with zero attached hydrogens (tertiary/aromatic N) is 1. The van der Waals surface area contributed by atoms with Crippen LogP contribution in [-0.4, -0.2) is 21.6 Å². The molecule has 0 saturated carbocycles. The number of nitrogen functional groups attached to an aromatic ring is 1. The molecule has 4 heteroatoms. The van der Waals surface area contributed by atoms with Crippen molar-refractivity contribution in [3.8, 4) is 0 Å². The number of hydrogen-bond acceptors (Lipinski definition) is 4. The molecule has 1 aromatic heterocycles. The molecule has 0 aromatic carbocycles. The van der Waals surface area contributed by atoms with E-state index in [0.717, 1.165) is 11.3 Å². The molecule has 1 rings (SSSR count). The lowest BCUT2D eigenvalue weighted by Crippen LogP contribution is -2.07. The largest absolute Gasteiger partial charge is 0.387 e. The molecular formula is C11H18N2OS. The van der Waals surface area contributed by atoms with Gasteiger partial charge < -0.3 is 10.8 Å². The second kappa shape index (κ2) is 5.98. The van der Waals surface area contributed by atoms with Gasteiger partial charge in [-0.1, -0.05) is 19.9 Å². The topological polar surface area (TPSA) is 59.1 Å². The number of aromatic nitrogens is 1. The molecule has 15 heavy (non-hydrogen) atoms. The smallest absolute Gasteiger partial charge is 0.129 e. The van der Waals surface area contributed by atoms with Crippen molar-refractivity contribution in [2.45, 2.75) is 20.0 Å². The standard InChI is InChI=1S/C11H18N2OS/c1-8(2)6-15-7-10(14)9-4-3-5-13-11(9)12/h3-5,8,10,14H,6-7H2,1-2H3,(H2,12,13). The molecule has 0 aliphatic carbocycles. The normalized spacial score (nSPS) is 13.1. The summed E-state index contributed by atoms with van der Waals surface area (Å²) in [7, 11) is 0. The van der Waals surface area contributed by atoms with Crippen molar-refractivity contribution in [3.05, 3.63) is 23.9 Å². The molecule has 3 N–H and O–H groups in total. The Bertz CT molecular complexity index is 304. The van der Waals surface area contributed by atoms with Crippen LogP contribution < -0.4 is 5.73 Å². The Labute approximate surface area is 95.1 Å². The highest BCUT2D eigenvalue weighted by atomic mass is 32.2. The summed E-state index contributed by atoms with van der Waals surface area (Å²) in [5.41, 5.74) is 6.40. The number of aliphatic hydroxyl groups is 1. The summed E-state index contributed by atoms with van der Waals surface area (Å²) in [5.74, 6) is 2.80. The molecule has 0 aliphatic rings. The van der Waals surface area contributed by atoms with Crippen LogP contribution in [0, 0.1) is 5.92 Å². The third-order valence-electron chi connectivity index (χ3n) is 1.96. The van der Waals surface area contributed by atoms with Crippen molar-refractivity contribution in [3.63, 3.8) is 0 Å². The number of pyridine rings is 1. The Morgan fingerprint density at radius 3 is 2.80 bits per heavy atom. The van der Waals surface area contributed by atoms with Crippen LogP contribution >= 0.6 is 11.8 Å². The first-order chi connectivity index (χ1) is 7.11. The van der Waals surface area contributed by atoms with Gasteiger partial charge in [-0.2, -0.15) is 11.8 Å². The van der Waals surface area contributed by atoms with Gasteiger partial charge in [0.1, 0.15) is 5.82 Å². The fourth-order valence-corrected chi connectivity index (χ4v) is 2.23. The summed E-state index contributed by atoms with van der Waals surface area (Å²) in [5, 5.41) is 9.87. The first-order valence-corrected chi connectivity index (χ1v) is 6.23. The third-order valence-corrected chi connectivity index (χ3v) is 3.41. The van der Waals surface area contributed by atoms with Gasteiger partial charge in [0, 0.05) is 17.5 Å². The minimum Gasteiger partial charge on any atom is -0.387 e. The molecule has 1 atom stereocenters. The van der Waals surface area contributed by atoms with Crippen LogP contribution in [-0.2, 0) is 0 Å². The van der Waals surface area contributed by atoms with Crippen molar-refractivity contribution in [2.75, 3.05) is 17.2 Å². The molecule has 0 bridgehead atoms. The summed E-state index contributed by atoms with van der Waals surface area (Å²) >= 11 is 1.74. The van der Waals surface area contributed by atoms with Gasteiger partial charge in [0.15, 0.2) is 0 Å². The van der Waals surface area contributed by atoms with E-state index in [1.54, 1.807) is 24.0 Å². The zero-order chi connectivity index (χ0) is 11.3. The molecule has 0 aliphatic heterocycles. The Hall–Kier alpha value is -0.740. The number of rotatable bonds is 5. The molecular weight excluding hydrogens is 208 g/mol. The molecule has 0 amide bonds. The van der Waals surface area contributed by atoms with E-state index in [9.17, 15) is 5.11 Å². The highest BCUT2D eigenvalue weighted by molar-refractivity contribution is 7.99. The predicted molar refractivity (Wildman–Crippen MR) is 65.8 cm³/mol.